The lowest BCUT2D eigenvalue weighted by molar-refractivity contribution is 0.550. The van der Waals surface area contributed by atoms with E-state index in [0.717, 1.165) is 26.7 Å². The van der Waals surface area contributed by atoms with Crippen LogP contribution in [-0.2, 0) is 11.3 Å². The Bertz CT molecular complexity index is 1140. The van der Waals surface area contributed by atoms with Crippen molar-refractivity contribution in [3.8, 4) is 0 Å². The molecular formula is C22H15BrN6. The summed E-state index contributed by atoms with van der Waals surface area (Å²) in [6.07, 6.45) is 2.99. The lowest BCUT2D eigenvalue weighted by Crippen LogP contribution is -2.25. The third-order valence-corrected chi connectivity index (χ3v) is 5.79. The molecule has 0 amide bonds. The van der Waals surface area contributed by atoms with Crippen molar-refractivity contribution < 1.29 is 0 Å². The molecule has 2 heterocycles. The van der Waals surface area contributed by atoms with E-state index in [1.54, 1.807) is 0 Å². The van der Waals surface area contributed by atoms with Gasteiger partial charge in [-0.05, 0) is 12.1 Å². The standard InChI is InChI=1S/C22H15BrN6/c23-20-12-11-18(21(24-14-26-28-21)16-7-3-1-4-8-16)13-19(20)22(25-15-27-29-22)17-9-5-2-6-10-17/h1-15H. The highest BCUT2D eigenvalue weighted by Crippen LogP contribution is 2.45. The van der Waals surface area contributed by atoms with E-state index in [0.29, 0.717) is 0 Å². The molecule has 0 saturated carbocycles. The van der Waals surface area contributed by atoms with Crippen LogP contribution in [0.5, 0.6) is 0 Å². The predicted molar refractivity (Wildman–Crippen MR) is 115 cm³/mol. The molecule has 140 valence electrons. The second-order valence-electron chi connectivity index (χ2n) is 6.69. The number of aliphatic imine (C=N–C) groups is 2. The second-order valence-corrected chi connectivity index (χ2v) is 7.55. The number of azo groups is 2. The van der Waals surface area contributed by atoms with E-state index in [-0.39, 0.29) is 0 Å². The second kappa shape index (κ2) is 6.93. The molecular weight excluding hydrogens is 428 g/mol. The molecule has 0 N–H and O–H groups in total. The van der Waals surface area contributed by atoms with Crippen LogP contribution in [0, 0.1) is 0 Å². The van der Waals surface area contributed by atoms with Crippen LogP contribution in [0.3, 0.4) is 0 Å². The molecule has 0 fully saturated rings. The van der Waals surface area contributed by atoms with Gasteiger partial charge in [0.05, 0.1) is 0 Å². The summed E-state index contributed by atoms with van der Waals surface area (Å²) in [5, 5.41) is 17.1. The Morgan fingerprint density at radius 3 is 1.69 bits per heavy atom. The Balaban J connectivity index is 1.73. The third-order valence-electron chi connectivity index (χ3n) is 5.09. The van der Waals surface area contributed by atoms with Crippen LogP contribution < -0.4 is 0 Å². The zero-order valence-corrected chi connectivity index (χ0v) is 16.8. The number of rotatable bonds is 4. The molecule has 7 heteroatoms. The third kappa shape index (κ3) is 2.77. The molecule has 0 aliphatic carbocycles. The minimum absolute atomic E-state index is 0.867. The maximum absolute atomic E-state index is 4.65. The Hall–Kier alpha value is -3.32. The van der Waals surface area contributed by atoms with Crippen LogP contribution in [0.25, 0.3) is 0 Å². The number of hydrogen-bond acceptors (Lipinski definition) is 6. The van der Waals surface area contributed by atoms with Gasteiger partial charge >= 0.3 is 0 Å². The first kappa shape index (κ1) is 17.8. The average molecular weight is 443 g/mol. The van der Waals surface area contributed by atoms with Gasteiger partial charge in [0.2, 0.25) is 11.3 Å². The van der Waals surface area contributed by atoms with Gasteiger partial charge in [-0.2, -0.15) is 0 Å². The number of hydrogen-bond donors (Lipinski definition) is 0. The molecule has 2 aliphatic heterocycles. The fourth-order valence-electron chi connectivity index (χ4n) is 3.68. The van der Waals surface area contributed by atoms with Crippen molar-refractivity contribution >= 4 is 28.6 Å². The van der Waals surface area contributed by atoms with Gasteiger partial charge in [-0.1, -0.05) is 82.7 Å². The van der Waals surface area contributed by atoms with Crippen molar-refractivity contribution in [2.45, 2.75) is 11.3 Å². The summed E-state index contributed by atoms with van der Waals surface area (Å²) in [7, 11) is 0. The monoisotopic (exact) mass is 442 g/mol. The van der Waals surface area contributed by atoms with Crippen LogP contribution >= 0.6 is 15.9 Å². The normalized spacial score (nSPS) is 24.4. The van der Waals surface area contributed by atoms with Gasteiger partial charge in [0, 0.05) is 26.7 Å². The van der Waals surface area contributed by atoms with E-state index in [1.165, 1.54) is 12.7 Å². The SMILES string of the molecule is Brc1ccc(C2(c3ccccc3)N=CN=N2)cc1C1(c2ccccc2)N=CN=N1. The van der Waals surface area contributed by atoms with E-state index >= 15 is 0 Å². The van der Waals surface area contributed by atoms with Crippen LogP contribution in [0.15, 0.2) is 114 Å². The van der Waals surface area contributed by atoms with Crippen molar-refractivity contribution in [2.75, 3.05) is 0 Å². The summed E-state index contributed by atoms with van der Waals surface area (Å²) in [6, 6.07) is 25.8. The predicted octanol–water partition coefficient (Wildman–Crippen LogP) is 5.84. The van der Waals surface area contributed by atoms with Gasteiger partial charge in [-0.15, -0.1) is 20.5 Å². The van der Waals surface area contributed by atoms with Gasteiger partial charge in [-0.3, -0.25) is 0 Å². The van der Waals surface area contributed by atoms with Gasteiger partial charge in [-0.25, -0.2) is 9.98 Å². The molecule has 2 atom stereocenters. The Kier molecular flexibility index (Phi) is 4.24. The summed E-state index contributed by atoms with van der Waals surface area (Å²) in [5.74, 6) is 0. The van der Waals surface area contributed by atoms with Crippen molar-refractivity contribution in [1.82, 2.24) is 0 Å². The van der Waals surface area contributed by atoms with Crippen molar-refractivity contribution in [3.63, 3.8) is 0 Å². The van der Waals surface area contributed by atoms with E-state index < -0.39 is 11.3 Å². The molecule has 0 radical (unpaired) electrons. The summed E-state index contributed by atoms with van der Waals surface area (Å²) in [5.41, 5.74) is 1.75. The van der Waals surface area contributed by atoms with Crippen LogP contribution in [-0.4, -0.2) is 12.7 Å². The molecule has 3 aromatic rings. The molecule has 2 aliphatic rings. The largest absolute Gasteiger partial charge is 0.231 e. The van der Waals surface area contributed by atoms with Crippen molar-refractivity contribution in [3.05, 3.63) is 106 Å². The maximum atomic E-state index is 4.65. The molecule has 0 bridgehead atoms. The quantitative estimate of drug-likeness (QED) is 0.486. The first-order valence-corrected chi connectivity index (χ1v) is 9.87. The first-order chi connectivity index (χ1) is 14.2. The molecule has 0 saturated heterocycles. The lowest BCUT2D eigenvalue weighted by atomic mass is 9.86. The molecule has 0 aromatic heterocycles. The zero-order chi connectivity index (χ0) is 19.7. The molecule has 5 rings (SSSR count). The number of nitrogens with zero attached hydrogens (tertiary/aromatic N) is 6. The molecule has 3 aromatic carbocycles. The highest BCUT2D eigenvalue weighted by atomic mass is 79.9. The molecule has 0 spiro atoms. The molecule has 6 nitrogen and oxygen atoms in total. The Morgan fingerprint density at radius 2 is 1.14 bits per heavy atom. The van der Waals surface area contributed by atoms with E-state index in [1.807, 2.05) is 78.9 Å². The first-order valence-electron chi connectivity index (χ1n) is 9.08. The fraction of sp³-hybridized carbons (Fsp3) is 0.0909. The number of halogens is 1. The topological polar surface area (TPSA) is 74.2 Å². The summed E-state index contributed by atoms with van der Waals surface area (Å²) < 4.78 is 0.880. The highest BCUT2D eigenvalue weighted by molar-refractivity contribution is 9.10. The van der Waals surface area contributed by atoms with Gasteiger partial charge in [0.25, 0.3) is 0 Å². The molecule has 29 heavy (non-hydrogen) atoms. The number of benzene rings is 3. The summed E-state index contributed by atoms with van der Waals surface area (Å²) in [4.78, 5) is 9.29. The van der Waals surface area contributed by atoms with Gasteiger partial charge in [0.1, 0.15) is 12.7 Å². The Morgan fingerprint density at radius 1 is 0.586 bits per heavy atom. The fourth-order valence-corrected chi connectivity index (χ4v) is 4.20. The van der Waals surface area contributed by atoms with Crippen molar-refractivity contribution in [2.24, 2.45) is 30.4 Å². The van der Waals surface area contributed by atoms with E-state index in [4.69, 9.17) is 0 Å². The highest BCUT2D eigenvalue weighted by Gasteiger charge is 2.41. The van der Waals surface area contributed by atoms with Gasteiger partial charge < -0.3 is 0 Å². The van der Waals surface area contributed by atoms with Gasteiger partial charge in [0.15, 0.2) is 0 Å². The van der Waals surface area contributed by atoms with Crippen LogP contribution in [0.4, 0.5) is 0 Å². The lowest BCUT2D eigenvalue weighted by Gasteiger charge is -2.27. The average Bonchev–Trinajstić information content (AvgIpc) is 3.47. The minimum atomic E-state index is -0.951. The van der Waals surface area contributed by atoms with Crippen LogP contribution in [0.2, 0.25) is 0 Å². The van der Waals surface area contributed by atoms with E-state index in [2.05, 4.69) is 46.4 Å². The van der Waals surface area contributed by atoms with Crippen molar-refractivity contribution in [1.29, 1.82) is 0 Å². The van der Waals surface area contributed by atoms with Crippen LogP contribution in [0.1, 0.15) is 22.3 Å². The maximum Gasteiger partial charge on any atom is 0.224 e. The summed E-state index contributed by atoms with van der Waals surface area (Å²) in [6.45, 7) is 0. The van der Waals surface area contributed by atoms with E-state index in [9.17, 15) is 0 Å². The Labute approximate surface area is 176 Å². The minimum Gasteiger partial charge on any atom is -0.231 e. The summed E-state index contributed by atoms with van der Waals surface area (Å²) >= 11 is 3.69. The molecule has 2 unspecified atom stereocenters. The smallest absolute Gasteiger partial charge is 0.224 e. The zero-order valence-electron chi connectivity index (χ0n) is 15.2.